The second kappa shape index (κ2) is 6.33. The predicted molar refractivity (Wildman–Crippen MR) is 76.0 cm³/mol. The Balaban J connectivity index is 2.11. The Morgan fingerprint density at radius 2 is 2.18 bits per heavy atom. The summed E-state index contributed by atoms with van der Waals surface area (Å²) in [5, 5.41) is 10.9. The summed E-state index contributed by atoms with van der Waals surface area (Å²) in [4.78, 5) is 34.6. The fourth-order valence-electron chi connectivity index (χ4n) is 2.28. The fourth-order valence-corrected chi connectivity index (χ4v) is 2.28. The molecule has 1 unspecified atom stereocenters. The van der Waals surface area contributed by atoms with Crippen molar-refractivity contribution in [3.05, 3.63) is 45.8 Å². The number of carbonyl (C=O) groups excluding carboxylic acids is 2. The van der Waals surface area contributed by atoms with Gasteiger partial charge in [-0.1, -0.05) is 0 Å². The Hall–Kier alpha value is -2.77. The van der Waals surface area contributed by atoms with E-state index in [9.17, 15) is 24.1 Å². The first-order valence-electron chi connectivity index (χ1n) is 6.58. The lowest BCUT2D eigenvalue weighted by atomic mass is 10.1. The van der Waals surface area contributed by atoms with E-state index >= 15 is 0 Å². The standard InChI is InChI=1S/C14H14FN3O4/c15-11-3-1-9(12(7-11)18(21)22)2-4-13(19)17-6-5-10(8-17)14(16)20/h1-4,7,10H,5-6,8H2,(H2,16,20). The number of nitrogens with zero attached hydrogens (tertiary/aromatic N) is 2. The molecule has 1 saturated heterocycles. The van der Waals surface area contributed by atoms with Gasteiger partial charge in [0, 0.05) is 19.2 Å². The Morgan fingerprint density at radius 3 is 2.77 bits per heavy atom. The summed E-state index contributed by atoms with van der Waals surface area (Å²) in [5.74, 6) is -1.91. The number of hydrogen-bond donors (Lipinski definition) is 1. The maximum absolute atomic E-state index is 13.0. The average molecular weight is 307 g/mol. The van der Waals surface area contributed by atoms with Crippen molar-refractivity contribution in [1.29, 1.82) is 0 Å². The highest BCUT2D eigenvalue weighted by Gasteiger charge is 2.28. The SMILES string of the molecule is NC(=O)C1CCN(C(=O)C=Cc2ccc(F)cc2[N+](=O)[O-])C1. The van der Waals surface area contributed by atoms with Gasteiger partial charge >= 0.3 is 0 Å². The van der Waals surface area contributed by atoms with E-state index in [1.54, 1.807) is 0 Å². The molecule has 1 aliphatic heterocycles. The third-order valence-corrected chi connectivity index (χ3v) is 3.50. The van der Waals surface area contributed by atoms with E-state index in [2.05, 4.69) is 0 Å². The van der Waals surface area contributed by atoms with Crippen LogP contribution in [0.2, 0.25) is 0 Å². The summed E-state index contributed by atoms with van der Waals surface area (Å²) in [6.07, 6.45) is 2.94. The second-order valence-electron chi connectivity index (χ2n) is 4.97. The van der Waals surface area contributed by atoms with Gasteiger partial charge in [-0.25, -0.2) is 4.39 Å². The van der Waals surface area contributed by atoms with Crippen LogP contribution in [0.1, 0.15) is 12.0 Å². The number of nitro groups is 1. The van der Waals surface area contributed by atoms with Crippen molar-refractivity contribution in [2.45, 2.75) is 6.42 Å². The molecule has 2 N–H and O–H groups in total. The molecule has 0 radical (unpaired) electrons. The van der Waals surface area contributed by atoms with Crippen molar-refractivity contribution < 1.29 is 18.9 Å². The van der Waals surface area contributed by atoms with Crippen molar-refractivity contribution in [2.24, 2.45) is 11.7 Å². The largest absolute Gasteiger partial charge is 0.369 e. The van der Waals surface area contributed by atoms with Gasteiger partial charge in [0.1, 0.15) is 5.82 Å². The first kappa shape index (κ1) is 15.6. The molecule has 1 aliphatic rings. The van der Waals surface area contributed by atoms with Crippen LogP contribution in [0.5, 0.6) is 0 Å². The topological polar surface area (TPSA) is 107 Å². The van der Waals surface area contributed by atoms with Crippen molar-refractivity contribution in [1.82, 2.24) is 4.90 Å². The van der Waals surface area contributed by atoms with Crippen LogP contribution < -0.4 is 5.73 Å². The van der Waals surface area contributed by atoms with Gasteiger partial charge in [0.25, 0.3) is 5.69 Å². The number of likely N-dealkylation sites (tertiary alicyclic amines) is 1. The number of halogens is 1. The minimum absolute atomic E-state index is 0.130. The van der Waals surface area contributed by atoms with Crippen LogP contribution in [0.15, 0.2) is 24.3 Å². The third-order valence-electron chi connectivity index (χ3n) is 3.50. The molecule has 1 atom stereocenters. The Bertz CT molecular complexity index is 659. The number of hydrogen-bond acceptors (Lipinski definition) is 4. The molecule has 0 saturated carbocycles. The van der Waals surface area contributed by atoms with Gasteiger partial charge < -0.3 is 10.6 Å². The number of primary amides is 1. The van der Waals surface area contributed by atoms with E-state index < -0.39 is 22.3 Å². The lowest BCUT2D eigenvalue weighted by Crippen LogP contribution is -2.30. The summed E-state index contributed by atoms with van der Waals surface area (Å²) in [6, 6.07) is 3.10. The van der Waals surface area contributed by atoms with Crippen molar-refractivity contribution in [2.75, 3.05) is 13.1 Å². The van der Waals surface area contributed by atoms with Crippen molar-refractivity contribution >= 4 is 23.6 Å². The first-order chi connectivity index (χ1) is 10.4. The summed E-state index contributed by atoms with van der Waals surface area (Å²) in [5.41, 5.74) is 4.90. The Morgan fingerprint density at radius 1 is 1.45 bits per heavy atom. The lowest BCUT2D eigenvalue weighted by Gasteiger charge is -2.13. The maximum Gasteiger partial charge on any atom is 0.279 e. The number of nitrogens with two attached hydrogens (primary N) is 1. The molecule has 1 aromatic rings. The number of carbonyl (C=O) groups is 2. The van der Waals surface area contributed by atoms with E-state index in [4.69, 9.17) is 5.73 Å². The van der Waals surface area contributed by atoms with E-state index in [1.165, 1.54) is 23.1 Å². The van der Waals surface area contributed by atoms with E-state index in [-0.39, 0.29) is 23.9 Å². The zero-order valence-corrected chi connectivity index (χ0v) is 11.6. The van der Waals surface area contributed by atoms with Gasteiger partial charge in [0.05, 0.1) is 22.5 Å². The van der Waals surface area contributed by atoms with Crippen LogP contribution >= 0.6 is 0 Å². The molecule has 0 bridgehead atoms. The molecular weight excluding hydrogens is 293 g/mol. The molecule has 8 heteroatoms. The predicted octanol–water partition coefficient (Wildman–Crippen LogP) is 1.08. The molecule has 0 aromatic heterocycles. The molecule has 2 rings (SSSR count). The number of amides is 2. The van der Waals surface area contributed by atoms with Gasteiger partial charge in [-0.2, -0.15) is 0 Å². The van der Waals surface area contributed by atoms with Gasteiger partial charge in [0.15, 0.2) is 0 Å². The molecule has 0 aliphatic carbocycles. The molecule has 2 amide bonds. The molecule has 0 spiro atoms. The minimum Gasteiger partial charge on any atom is -0.369 e. The van der Waals surface area contributed by atoms with E-state index in [0.717, 1.165) is 12.1 Å². The van der Waals surface area contributed by atoms with Crippen molar-refractivity contribution in [3.8, 4) is 0 Å². The first-order valence-corrected chi connectivity index (χ1v) is 6.58. The summed E-state index contributed by atoms with van der Waals surface area (Å²) in [6.45, 7) is 0.645. The quantitative estimate of drug-likeness (QED) is 0.510. The highest BCUT2D eigenvalue weighted by molar-refractivity contribution is 5.93. The minimum atomic E-state index is -0.723. The van der Waals surface area contributed by atoms with E-state index in [1.807, 2.05) is 0 Å². The van der Waals surface area contributed by atoms with Crippen molar-refractivity contribution in [3.63, 3.8) is 0 Å². The zero-order chi connectivity index (χ0) is 16.3. The molecule has 7 nitrogen and oxygen atoms in total. The molecule has 1 heterocycles. The highest BCUT2D eigenvalue weighted by atomic mass is 19.1. The zero-order valence-electron chi connectivity index (χ0n) is 11.6. The van der Waals surface area contributed by atoms with E-state index in [0.29, 0.717) is 13.0 Å². The van der Waals surface area contributed by atoms with Crippen LogP contribution in [-0.2, 0) is 9.59 Å². The molecule has 22 heavy (non-hydrogen) atoms. The van der Waals surface area contributed by atoms with Gasteiger partial charge in [-0.3, -0.25) is 19.7 Å². The van der Waals surface area contributed by atoms with Gasteiger partial charge in [-0.15, -0.1) is 0 Å². The van der Waals surface area contributed by atoms with Crippen LogP contribution in [-0.4, -0.2) is 34.7 Å². The smallest absolute Gasteiger partial charge is 0.279 e. The summed E-state index contributed by atoms with van der Waals surface area (Å²) in [7, 11) is 0. The molecular formula is C14H14FN3O4. The number of benzene rings is 1. The summed E-state index contributed by atoms with van der Waals surface area (Å²) >= 11 is 0. The van der Waals surface area contributed by atoms with Crippen LogP contribution in [0, 0.1) is 21.8 Å². The maximum atomic E-state index is 13.0. The van der Waals surface area contributed by atoms with Crippen LogP contribution in [0.4, 0.5) is 10.1 Å². The third kappa shape index (κ3) is 3.46. The Labute approximate surface area is 125 Å². The average Bonchev–Trinajstić information content (AvgIpc) is 2.95. The van der Waals surface area contributed by atoms with Gasteiger partial charge in [-0.05, 0) is 24.6 Å². The molecule has 1 fully saturated rings. The fraction of sp³-hybridized carbons (Fsp3) is 0.286. The van der Waals surface area contributed by atoms with Crippen LogP contribution in [0.3, 0.4) is 0 Å². The number of nitro benzene ring substituents is 1. The normalized spacial score (nSPS) is 17.9. The molecule has 1 aromatic carbocycles. The lowest BCUT2D eigenvalue weighted by molar-refractivity contribution is -0.385. The Kier molecular flexibility index (Phi) is 4.50. The monoisotopic (exact) mass is 307 g/mol. The van der Waals surface area contributed by atoms with Crippen LogP contribution in [0.25, 0.3) is 6.08 Å². The molecule has 116 valence electrons. The van der Waals surface area contributed by atoms with Gasteiger partial charge in [0.2, 0.25) is 11.8 Å². The highest BCUT2D eigenvalue weighted by Crippen LogP contribution is 2.22. The summed E-state index contributed by atoms with van der Waals surface area (Å²) < 4.78 is 13.0. The second-order valence-corrected chi connectivity index (χ2v) is 4.97. The number of rotatable bonds is 4.